The van der Waals surface area contributed by atoms with Crippen LogP contribution in [0.25, 0.3) is 32.2 Å². The number of nitrogens with zero attached hydrogens (tertiary/aromatic N) is 6. The molecular formula is C33H37FN8O2S. The van der Waals surface area contributed by atoms with E-state index in [-0.39, 0.29) is 16.5 Å². The van der Waals surface area contributed by atoms with Crippen molar-refractivity contribution >= 4 is 43.1 Å². The van der Waals surface area contributed by atoms with Gasteiger partial charge in [0.05, 0.1) is 46.2 Å². The summed E-state index contributed by atoms with van der Waals surface area (Å²) in [6.07, 6.45) is 9.02. The van der Waals surface area contributed by atoms with Crippen molar-refractivity contribution in [2.24, 2.45) is 5.41 Å². The van der Waals surface area contributed by atoms with Crippen LogP contribution < -0.4 is 15.8 Å². The van der Waals surface area contributed by atoms with Gasteiger partial charge in [0.1, 0.15) is 22.7 Å². The first-order valence-corrected chi connectivity index (χ1v) is 16.6. The lowest BCUT2D eigenvalue weighted by atomic mass is 9.75. The zero-order chi connectivity index (χ0) is 30.9. The minimum atomic E-state index is -0.411. The average Bonchev–Trinajstić information content (AvgIpc) is 3.93. The number of thiophene rings is 1. The van der Waals surface area contributed by atoms with E-state index in [1.165, 1.54) is 12.5 Å². The maximum atomic E-state index is 14.8. The SMILES string of the molecule is CN(C)C1(CNc2nc(OCC3(CN4CCO[C@@H]5C[C@@H]54)CC3)nc3cc(-c4ccc(F)c5sc(N)c(C#N)c45)ncc23)CCC1. The third-order valence-corrected chi connectivity index (χ3v) is 11.5. The summed E-state index contributed by atoms with van der Waals surface area (Å²) in [4.78, 5) is 19.4. The van der Waals surface area contributed by atoms with Crippen molar-refractivity contribution in [1.29, 1.82) is 5.26 Å². The van der Waals surface area contributed by atoms with Gasteiger partial charge in [0.15, 0.2) is 0 Å². The average molecular weight is 629 g/mol. The van der Waals surface area contributed by atoms with Crippen LogP contribution in [-0.2, 0) is 4.74 Å². The monoisotopic (exact) mass is 628 g/mol. The molecule has 3 saturated carbocycles. The van der Waals surface area contributed by atoms with Crippen LogP contribution >= 0.6 is 11.3 Å². The highest BCUT2D eigenvalue weighted by Gasteiger charge is 2.52. The largest absolute Gasteiger partial charge is 0.463 e. The number of benzene rings is 1. The van der Waals surface area contributed by atoms with Crippen molar-refractivity contribution in [3.8, 4) is 23.3 Å². The molecule has 4 aliphatic rings. The highest BCUT2D eigenvalue weighted by molar-refractivity contribution is 7.23. The maximum absolute atomic E-state index is 14.8. The summed E-state index contributed by atoms with van der Waals surface area (Å²) < 4.78 is 27.3. The molecule has 0 amide bonds. The van der Waals surface area contributed by atoms with E-state index in [4.69, 9.17) is 30.2 Å². The van der Waals surface area contributed by atoms with Crippen molar-refractivity contribution in [3.63, 3.8) is 0 Å². The quantitative estimate of drug-likeness (QED) is 0.247. The van der Waals surface area contributed by atoms with Gasteiger partial charge in [-0.15, -0.1) is 11.3 Å². The van der Waals surface area contributed by atoms with Crippen molar-refractivity contribution in [3.05, 3.63) is 35.8 Å². The van der Waals surface area contributed by atoms with Crippen molar-refractivity contribution in [2.75, 3.05) is 58.0 Å². The summed E-state index contributed by atoms with van der Waals surface area (Å²) >= 11 is 1.08. The molecule has 234 valence electrons. The number of nitrogen functional groups attached to an aromatic ring is 1. The summed E-state index contributed by atoms with van der Waals surface area (Å²) in [6, 6.07) is 7.96. The molecular weight excluding hydrogens is 591 g/mol. The van der Waals surface area contributed by atoms with Gasteiger partial charge in [0, 0.05) is 53.8 Å². The molecule has 4 aromatic rings. The topological polar surface area (TPSA) is 125 Å². The highest BCUT2D eigenvalue weighted by Crippen LogP contribution is 2.49. The van der Waals surface area contributed by atoms with E-state index in [1.807, 2.05) is 6.07 Å². The molecule has 1 aliphatic heterocycles. The molecule has 0 unspecified atom stereocenters. The van der Waals surface area contributed by atoms with Gasteiger partial charge >= 0.3 is 6.01 Å². The van der Waals surface area contributed by atoms with Gasteiger partial charge in [0.2, 0.25) is 0 Å². The predicted octanol–water partition coefficient (Wildman–Crippen LogP) is 5.03. The maximum Gasteiger partial charge on any atom is 0.318 e. The molecule has 3 aromatic heterocycles. The lowest BCUT2D eigenvalue weighted by molar-refractivity contribution is 0.0179. The molecule has 2 atom stereocenters. The zero-order valence-corrected chi connectivity index (χ0v) is 26.4. The molecule has 45 heavy (non-hydrogen) atoms. The molecule has 12 heteroatoms. The number of likely N-dealkylation sites (N-methyl/N-ethyl adjacent to an activating group) is 1. The van der Waals surface area contributed by atoms with Gasteiger partial charge < -0.3 is 25.4 Å². The number of halogens is 1. The molecule has 3 N–H and O–H groups in total. The Kier molecular flexibility index (Phi) is 6.87. The molecule has 8 rings (SSSR count). The third-order valence-electron chi connectivity index (χ3n) is 10.5. The first-order valence-electron chi connectivity index (χ1n) is 15.8. The Balaban J connectivity index is 1.13. The van der Waals surface area contributed by atoms with E-state index >= 15 is 0 Å². The molecule has 3 aliphatic carbocycles. The molecule has 0 bridgehead atoms. The number of pyridine rings is 1. The number of fused-ring (bicyclic) bond motifs is 3. The van der Waals surface area contributed by atoms with Crippen LogP contribution in [0.5, 0.6) is 6.01 Å². The molecule has 0 radical (unpaired) electrons. The number of rotatable bonds is 10. The standard InChI is InChI=1S/C33H37FN8O2S/c1-41(2)33(6-3-7-33)16-38-30-21-15-37-23(19-4-5-22(34)28-27(19)20(14-35)29(36)45-28)12-24(21)39-31(40-30)44-18-32(8-9-32)17-42-10-11-43-26-13-25(26)42/h4-5,12,15,25-26H,3,6-11,13,16-18,36H2,1-2H3,(H,38,39,40)/t25-,26+/m0/s1. The Morgan fingerprint density at radius 1 is 1.27 bits per heavy atom. The van der Waals surface area contributed by atoms with E-state index in [0.29, 0.717) is 62.4 Å². The fraction of sp³-hybridized carbons (Fsp3) is 0.515. The van der Waals surface area contributed by atoms with E-state index in [0.717, 1.165) is 75.1 Å². The van der Waals surface area contributed by atoms with Gasteiger partial charge in [0.25, 0.3) is 0 Å². The summed E-state index contributed by atoms with van der Waals surface area (Å²) in [7, 11) is 4.26. The third kappa shape index (κ3) is 5.06. The lowest BCUT2D eigenvalue weighted by Crippen LogP contribution is -2.54. The second-order valence-electron chi connectivity index (χ2n) is 13.5. The van der Waals surface area contributed by atoms with E-state index < -0.39 is 5.82 Å². The molecule has 4 heterocycles. The van der Waals surface area contributed by atoms with Crippen LogP contribution in [0.2, 0.25) is 0 Å². The summed E-state index contributed by atoms with van der Waals surface area (Å²) in [6.45, 7) is 4.10. The summed E-state index contributed by atoms with van der Waals surface area (Å²) in [5.74, 6) is 0.272. The van der Waals surface area contributed by atoms with Crippen LogP contribution in [0.15, 0.2) is 24.4 Å². The number of aromatic nitrogens is 3. The van der Waals surface area contributed by atoms with Crippen LogP contribution in [0, 0.1) is 22.6 Å². The second kappa shape index (κ2) is 10.7. The predicted molar refractivity (Wildman–Crippen MR) is 173 cm³/mol. The molecule has 1 aromatic carbocycles. The van der Waals surface area contributed by atoms with Gasteiger partial charge in [-0.25, -0.2) is 4.39 Å². The highest BCUT2D eigenvalue weighted by atomic mass is 32.1. The van der Waals surface area contributed by atoms with Crippen LogP contribution in [0.1, 0.15) is 44.1 Å². The first kappa shape index (κ1) is 28.8. The molecule has 4 fully saturated rings. The van der Waals surface area contributed by atoms with Gasteiger partial charge in [-0.05, 0) is 70.8 Å². The van der Waals surface area contributed by atoms with Gasteiger partial charge in [-0.3, -0.25) is 9.88 Å². The van der Waals surface area contributed by atoms with E-state index in [1.54, 1.807) is 12.3 Å². The smallest absolute Gasteiger partial charge is 0.318 e. The normalized spacial score (nSPS) is 23.0. The van der Waals surface area contributed by atoms with Crippen molar-refractivity contribution in [2.45, 2.75) is 56.2 Å². The van der Waals surface area contributed by atoms with Gasteiger partial charge in [-0.2, -0.15) is 15.2 Å². The van der Waals surface area contributed by atoms with Gasteiger partial charge in [-0.1, -0.05) is 0 Å². The van der Waals surface area contributed by atoms with E-state index in [2.05, 4.69) is 35.3 Å². The Labute approximate surface area is 265 Å². The van der Waals surface area contributed by atoms with Crippen molar-refractivity contribution < 1.29 is 13.9 Å². The number of hydrogen-bond donors (Lipinski definition) is 2. The fourth-order valence-corrected chi connectivity index (χ4v) is 8.01. The van der Waals surface area contributed by atoms with E-state index in [9.17, 15) is 9.65 Å². The molecule has 0 spiro atoms. The molecule has 10 nitrogen and oxygen atoms in total. The van der Waals surface area contributed by atoms with Crippen LogP contribution in [-0.4, -0.2) is 89.4 Å². The Morgan fingerprint density at radius 2 is 2.11 bits per heavy atom. The number of hydrogen-bond acceptors (Lipinski definition) is 11. The number of anilines is 2. The summed E-state index contributed by atoms with van der Waals surface area (Å²) in [5.41, 5.74) is 8.45. The zero-order valence-electron chi connectivity index (χ0n) is 25.6. The lowest BCUT2D eigenvalue weighted by Gasteiger charge is -2.47. The Bertz CT molecular complexity index is 1850. The van der Waals surface area contributed by atoms with Crippen LogP contribution in [0.4, 0.5) is 15.2 Å². The fourth-order valence-electron chi connectivity index (χ4n) is 7.06. The number of nitrogens with two attached hydrogens (primary N) is 1. The summed E-state index contributed by atoms with van der Waals surface area (Å²) in [5, 5.41) is 15.0. The van der Waals surface area contributed by atoms with Crippen molar-refractivity contribution in [1.82, 2.24) is 24.8 Å². The molecule has 1 saturated heterocycles. The second-order valence-corrected chi connectivity index (χ2v) is 14.5. The Hall–Kier alpha value is -3.63. The van der Waals surface area contributed by atoms with Crippen LogP contribution in [0.3, 0.4) is 0 Å². The first-order chi connectivity index (χ1) is 21.8. The Morgan fingerprint density at radius 3 is 2.84 bits per heavy atom. The minimum Gasteiger partial charge on any atom is -0.463 e. The number of nitriles is 1. The number of ether oxygens (including phenoxy) is 2. The number of nitrogens with one attached hydrogen (secondary N) is 1. The number of morpholine rings is 1. The minimum absolute atomic E-state index is 0.0782.